The summed E-state index contributed by atoms with van der Waals surface area (Å²) in [5, 5.41) is 0. The smallest absolute Gasteiger partial charge is 0.285 e. The van der Waals surface area contributed by atoms with Gasteiger partial charge in [-0.3, -0.25) is 0 Å². The third-order valence-corrected chi connectivity index (χ3v) is 4.26. The Balaban J connectivity index is 4.74. The molecule has 0 fully saturated rings. The van der Waals surface area contributed by atoms with Gasteiger partial charge in [-0.25, -0.2) is 0 Å². The van der Waals surface area contributed by atoms with Crippen molar-refractivity contribution in [3.8, 4) is 0 Å². The molecule has 0 rings (SSSR count). The molecule has 0 radical (unpaired) electrons. The van der Waals surface area contributed by atoms with Crippen LogP contribution < -0.4 is 0 Å². The van der Waals surface area contributed by atoms with Crippen LogP contribution in [0.25, 0.3) is 0 Å². The number of ether oxygens (including phenoxy) is 4. The molecule has 0 N–H and O–H groups in total. The molecule has 4 heteroatoms. The first kappa shape index (κ1) is 23.8. The fourth-order valence-electron chi connectivity index (χ4n) is 3.12. The SMILES string of the molecule is CCCCCCCCC(CCOCC)C(OCC)(OCC)OCC. The van der Waals surface area contributed by atoms with E-state index in [1.807, 2.05) is 27.7 Å². The van der Waals surface area contributed by atoms with Gasteiger partial charge >= 0.3 is 0 Å². The molecular weight excluding hydrogens is 304 g/mol. The average molecular weight is 347 g/mol. The van der Waals surface area contributed by atoms with Crippen molar-refractivity contribution in [2.24, 2.45) is 5.92 Å². The predicted octanol–water partition coefficient (Wildman–Crippen LogP) is 5.54. The van der Waals surface area contributed by atoms with Gasteiger partial charge in [0.15, 0.2) is 0 Å². The summed E-state index contributed by atoms with van der Waals surface area (Å²) in [6.07, 6.45) is 9.71. The molecule has 0 amide bonds. The standard InChI is InChI=1S/C20H42O4/c1-6-11-12-13-14-15-16-19(17-18-21-7-2)20(22-8-3,23-9-4)24-10-5/h19H,6-18H2,1-5H3. The lowest BCUT2D eigenvalue weighted by molar-refractivity contribution is -0.403. The molecule has 0 heterocycles. The van der Waals surface area contributed by atoms with Gasteiger partial charge in [0.25, 0.3) is 5.97 Å². The highest BCUT2D eigenvalue weighted by Gasteiger charge is 2.41. The Morgan fingerprint density at radius 2 is 1.17 bits per heavy atom. The van der Waals surface area contributed by atoms with Crippen LogP contribution in [0.3, 0.4) is 0 Å². The maximum atomic E-state index is 6.00. The second-order valence-corrected chi connectivity index (χ2v) is 6.14. The zero-order valence-corrected chi connectivity index (χ0v) is 16.9. The third-order valence-electron chi connectivity index (χ3n) is 4.26. The summed E-state index contributed by atoms with van der Waals surface area (Å²) in [4.78, 5) is 0. The molecule has 0 aromatic heterocycles. The molecule has 0 aliphatic heterocycles. The van der Waals surface area contributed by atoms with E-state index in [0.717, 1.165) is 26.1 Å². The molecule has 24 heavy (non-hydrogen) atoms. The van der Waals surface area contributed by atoms with E-state index in [9.17, 15) is 0 Å². The lowest BCUT2D eigenvalue weighted by Crippen LogP contribution is -2.47. The number of hydrogen-bond donors (Lipinski definition) is 0. The van der Waals surface area contributed by atoms with Crippen LogP contribution in [0.1, 0.15) is 86.0 Å². The van der Waals surface area contributed by atoms with Gasteiger partial charge in [0.1, 0.15) is 0 Å². The molecule has 0 aromatic carbocycles. The highest BCUT2D eigenvalue weighted by atomic mass is 16.9. The summed E-state index contributed by atoms with van der Waals surface area (Å²) < 4.78 is 23.6. The van der Waals surface area contributed by atoms with Crippen molar-refractivity contribution in [2.45, 2.75) is 92.0 Å². The first-order valence-electron chi connectivity index (χ1n) is 10.2. The van der Waals surface area contributed by atoms with E-state index in [-0.39, 0.29) is 5.92 Å². The maximum absolute atomic E-state index is 6.00. The second kappa shape index (κ2) is 16.3. The Morgan fingerprint density at radius 3 is 1.67 bits per heavy atom. The van der Waals surface area contributed by atoms with Crippen LogP contribution in [0, 0.1) is 5.92 Å². The van der Waals surface area contributed by atoms with E-state index in [0.29, 0.717) is 19.8 Å². The number of unbranched alkanes of at least 4 members (excludes halogenated alkanes) is 5. The Labute approximate surface area is 150 Å². The van der Waals surface area contributed by atoms with Crippen molar-refractivity contribution in [1.82, 2.24) is 0 Å². The quantitative estimate of drug-likeness (QED) is 0.241. The van der Waals surface area contributed by atoms with E-state index in [4.69, 9.17) is 18.9 Å². The minimum absolute atomic E-state index is 0.204. The van der Waals surface area contributed by atoms with Gasteiger partial charge in [0, 0.05) is 39.0 Å². The van der Waals surface area contributed by atoms with Crippen LogP contribution in [0.5, 0.6) is 0 Å². The Bertz CT molecular complexity index is 241. The fraction of sp³-hybridized carbons (Fsp3) is 1.00. The van der Waals surface area contributed by atoms with Gasteiger partial charge in [-0.1, -0.05) is 45.4 Å². The molecular formula is C20H42O4. The highest BCUT2D eigenvalue weighted by Crippen LogP contribution is 2.33. The summed E-state index contributed by atoms with van der Waals surface area (Å²) in [6, 6.07) is 0. The Kier molecular flexibility index (Phi) is 16.2. The summed E-state index contributed by atoms with van der Waals surface area (Å²) in [7, 11) is 0. The van der Waals surface area contributed by atoms with E-state index in [2.05, 4.69) is 6.92 Å². The molecule has 1 unspecified atom stereocenters. The van der Waals surface area contributed by atoms with Crippen LogP contribution >= 0.6 is 0 Å². The van der Waals surface area contributed by atoms with Crippen molar-refractivity contribution < 1.29 is 18.9 Å². The first-order valence-corrected chi connectivity index (χ1v) is 10.2. The average Bonchev–Trinajstić information content (AvgIpc) is 2.57. The Morgan fingerprint density at radius 1 is 0.625 bits per heavy atom. The number of hydrogen-bond acceptors (Lipinski definition) is 4. The number of rotatable bonds is 18. The van der Waals surface area contributed by atoms with E-state index < -0.39 is 5.97 Å². The fourth-order valence-corrected chi connectivity index (χ4v) is 3.12. The van der Waals surface area contributed by atoms with Gasteiger partial charge in [-0.15, -0.1) is 0 Å². The molecule has 0 saturated heterocycles. The zero-order chi connectivity index (χ0) is 18.1. The molecule has 4 nitrogen and oxygen atoms in total. The molecule has 0 saturated carbocycles. The normalized spacial score (nSPS) is 13.4. The molecule has 0 spiro atoms. The molecule has 146 valence electrons. The summed E-state index contributed by atoms with van der Waals surface area (Å²) in [6.45, 7) is 13.5. The molecule has 0 aliphatic carbocycles. The van der Waals surface area contributed by atoms with Gasteiger partial charge in [0.05, 0.1) is 0 Å². The highest BCUT2D eigenvalue weighted by molar-refractivity contribution is 4.73. The van der Waals surface area contributed by atoms with Gasteiger partial charge in [0.2, 0.25) is 0 Å². The van der Waals surface area contributed by atoms with Gasteiger partial charge in [-0.05, 0) is 40.5 Å². The summed E-state index contributed by atoms with van der Waals surface area (Å²) in [5.74, 6) is -0.714. The minimum Gasteiger partial charge on any atom is -0.382 e. The van der Waals surface area contributed by atoms with Crippen molar-refractivity contribution in [1.29, 1.82) is 0 Å². The van der Waals surface area contributed by atoms with Crippen molar-refractivity contribution in [3.63, 3.8) is 0 Å². The molecule has 0 aliphatic rings. The molecule has 0 bridgehead atoms. The van der Waals surface area contributed by atoms with Crippen LogP contribution in [0.2, 0.25) is 0 Å². The summed E-state index contributed by atoms with van der Waals surface area (Å²) in [5.41, 5.74) is 0. The lowest BCUT2D eigenvalue weighted by Gasteiger charge is -2.39. The van der Waals surface area contributed by atoms with Gasteiger partial charge < -0.3 is 18.9 Å². The van der Waals surface area contributed by atoms with E-state index >= 15 is 0 Å². The maximum Gasteiger partial charge on any atom is 0.285 e. The molecule has 1 atom stereocenters. The third kappa shape index (κ3) is 9.97. The van der Waals surface area contributed by atoms with Crippen LogP contribution in [0.4, 0.5) is 0 Å². The minimum atomic E-state index is -0.918. The summed E-state index contributed by atoms with van der Waals surface area (Å²) >= 11 is 0. The van der Waals surface area contributed by atoms with E-state index in [1.165, 1.54) is 38.5 Å². The van der Waals surface area contributed by atoms with Crippen molar-refractivity contribution in [3.05, 3.63) is 0 Å². The first-order chi connectivity index (χ1) is 11.7. The Hall–Kier alpha value is -0.160. The monoisotopic (exact) mass is 346 g/mol. The predicted molar refractivity (Wildman–Crippen MR) is 100 cm³/mol. The van der Waals surface area contributed by atoms with Crippen molar-refractivity contribution >= 4 is 0 Å². The van der Waals surface area contributed by atoms with Gasteiger partial charge in [-0.2, -0.15) is 0 Å². The topological polar surface area (TPSA) is 36.9 Å². The zero-order valence-electron chi connectivity index (χ0n) is 16.9. The van der Waals surface area contributed by atoms with Crippen molar-refractivity contribution in [2.75, 3.05) is 33.0 Å². The largest absolute Gasteiger partial charge is 0.382 e. The second-order valence-electron chi connectivity index (χ2n) is 6.14. The van der Waals surface area contributed by atoms with Crippen LogP contribution in [-0.2, 0) is 18.9 Å². The lowest BCUT2D eigenvalue weighted by atomic mass is 9.94. The van der Waals surface area contributed by atoms with Crippen LogP contribution in [-0.4, -0.2) is 39.0 Å². The van der Waals surface area contributed by atoms with E-state index in [1.54, 1.807) is 0 Å². The van der Waals surface area contributed by atoms with Crippen LogP contribution in [0.15, 0.2) is 0 Å². The molecule has 0 aromatic rings.